The van der Waals surface area contributed by atoms with E-state index in [9.17, 15) is 13.2 Å². The molecular formula is C14H19F3N2. The summed E-state index contributed by atoms with van der Waals surface area (Å²) in [5.74, 6) is 0.268. The van der Waals surface area contributed by atoms with Crippen molar-refractivity contribution in [3.8, 4) is 0 Å². The third kappa shape index (κ3) is 3.26. The Labute approximate surface area is 111 Å². The van der Waals surface area contributed by atoms with Gasteiger partial charge in [0.15, 0.2) is 0 Å². The topological polar surface area (TPSA) is 24.9 Å². The van der Waals surface area contributed by atoms with E-state index in [-0.39, 0.29) is 11.8 Å². The number of hydrogen-bond acceptors (Lipinski definition) is 2. The fourth-order valence-corrected chi connectivity index (χ4v) is 2.57. The fraction of sp³-hybridized carbons (Fsp3) is 0.643. The van der Waals surface area contributed by atoms with Gasteiger partial charge in [-0.25, -0.2) is 0 Å². The molecule has 0 bridgehead atoms. The summed E-state index contributed by atoms with van der Waals surface area (Å²) in [4.78, 5) is 3.87. The molecule has 5 heteroatoms. The van der Waals surface area contributed by atoms with Gasteiger partial charge in [0.2, 0.25) is 0 Å². The van der Waals surface area contributed by atoms with E-state index >= 15 is 0 Å². The van der Waals surface area contributed by atoms with Gasteiger partial charge >= 0.3 is 6.18 Å². The van der Waals surface area contributed by atoms with Crippen molar-refractivity contribution in [2.75, 3.05) is 6.54 Å². The van der Waals surface area contributed by atoms with Crippen molar-refractivity contribution in [1.29, 1.82) is 0 Å². The van der Waals surface area contributed by atoms with Crippen LogP contribution >= 0.6 is 0 Å². The van der Waals surface area contributed by atoms with Gasteiger partial charge in [-0.15, -0.1) is 0 Å². The largest absolute Gasteiger partial charge is 0.416 e. The lowest BCUT2D eigenvalue weighted by Crippen LogP contribution is -2.37. The summed E-state index contributed by atoms with van der Waals surface area (Å²) in [6.07, 6.45) is 0.112. The van der Waals surface area contributed by atoms with Gasteiger partial charge in [-0.3, -0.25) is 4.98 Å². The molecule has 1 aromatic heterocycles. The summed E-state index contributed by atoms with van der Waals surface area (Å²) in [7, 11) is 0. The summed E-state index contributed by atoms with van der Waals surface area (Å²) in [5, 5.41) is 3.30. The molecule has 19 heavy (non-hydrogen) atoms. The summed E-state index contributed by atoms with van der Waals surface area (Å²) in [6.45, 7) is 4.85. The van der Waals surface area contributed by atoms with Crippen LogP contribution in [-0.2, 0) is 6.18 Å². The Bertz CT molecular complexity index is 429. The lowest BCUT2D eigenvalue weighted by Gasteiger charge is -2.38. The first-order valence-corrected chi connectivity index (χ1v) is 6.64. The highest BCUT2D eigenvalue weighted by atomic mass is 19.4. The van der Waals surface area contributed by atoms with Gasteiger partial charge in [0.05, 0.1) is 5.56 Å². The van der Waals surface area contributed by atoms with Crippen LogP contribution in [0.25, 0.3) is 0 Å². The Kier molecular flexibility index (Phi) is 4.13. The van der Waals surface area contributed by atoms with Gasteiger partial charge in [0.1, 0.15) is 0 Å². The van der Waals surface area contributed by atoms with Crippen molar-refractivity contribution in [1.82, 2.24) is 10.3 Å². The number of aromatic nitrogens is 1. The number of rotatable bonds is 4. The second-order valence-corrected chi connectivity index (χ2v) is 5.47. The minimum atomic E-state index is -4.29. The quantitative estimate of drug-likeness (QED) is 0.906. The molecule has 1 aliphatic carbocycles. The highest BCUT2D eigenvalue weighted by Gasteiger charge is 2.40. The number of nitrogens with one attached hydrogen (secondary N) is 1. The van der Waals surface area contributed by atoms with Crippen molar-refractivity contribution < 1.29 is 13.2 Å². The minimum absolute atomic E-state index is 0.0171. The normalized spacial score (nSPS) is 23.5. The van der Waals surface area contributed by atoms with Crippen LogP contribution in [-0.4, -0.2) is 17.6 Å². The molecule has 0 saturated heterocycles. The standard InChI is InChI=1S/C14H19F3N2/c1-9(2)19-7-10-3-4-11(10)12-8-18-6-5-13(12)14(15,16)17/h5-6,8-11,19H,3-4,7H2,1-2H3. The molecule has 2 atom stereocenters. The summed E-state index contributed by atoms with van der Waals surface area (Å²) >= 11 is 0. The van der Waals surface area contributed by atoms with E-state index in [1.54, 1.807) is 0 Å². The van der Waals surface area contributed by atoms with Crippen LogP contribution in [0.5, 0.6) is 0 Å². The molecule has 106 valence electrons. The summed E-state index contributed by atoms with van der Waals surface area (Å²) < 4.78 is 38.9. The molecule has 0 aromatic carbocycles. The van der Waals surface area contributed by atoms with E-state index in [4.69, 9.17) is 0 Å². The molecule has 1 aliphatic rings. The van der Waals surface area contributed by atoms with E-state index in [2.05, 4.69) is 10.3 Å². The van der Waals surface area contributed by atoms with E-state index in [0.717, 1.165) is 25.5 Å². The Balaban J connectivity index is 2.14. The van der Waals surface area contributed by atoms with Crippen LogP contribution in [0, 0.1) is 5.92 Å². The molecule has 0 spiro atoms. The maximum Gasteiger partial charge on any atom is 0.416 e. The molecule has 1 N–H and O–H groups in total. The molecule has 1 fully saturated rings. The Hall–Kier alpha value is -1.10. The van der Waals surface area contributed by atoms with E-state index in [1.165, 1.54) is 12.4 Å². The minimum Gasteiger partial charge on any atom is -0.314 e. The van der Waals surface area contributed by atoms with E-state index in [0.29, 0.717) is 11.6 Å². The first-order valence-electron chi connectivity index (χ1n) is 6.64. The number of hydrogen-bond donors (Lipinski definition) is 1. The number of pyridine rings is 1. The third-order valence-corrected chi connectivity index (χ3v) is 3.76. The van der Waals surface area contributed by atoms with E-state index < -0.39 is 11.7 Å². The average Bonchev–Trinajstić information content (AvgIpc) is 2.26. The summed E-state index contributed by atoms with van der Waals surface area (Å²) in [5.41, 5.74) is -0.168. The Morgan fingerprint density at radius 3 is 2.63 bits per heavy atom. The predicted molar refractivity (Wildman–Crippen MR) is 67.8 cm³/mol. The van der Waals surface area contributed by atoms with Gasteiger partial charge in [0.25, 0.3) is 0 Å². The molecule has 1 heterocycles. The lowest BCUT2D eigenvalue weighted by atomic mass is 9.69. The molecule has 1 aromatic rings. The van der Waals surface area contributed by atoms with Crippen molar-refractivity contribution >= 4 is 0 Å². The molecule has 1 saturated carbocycles. The lowest BCUT2D eigenvalue weighted by molar-refractivity contribution is -0.138. The van der Waals surface area contributed by atoms with E-state index in [1.807, 2.05) is 13.8 Å². The fourth-order valence-electron chi connectivity index (χ4n) is 2.57. The predicted octanol–water partition coefficient (Wildman–Crippen LogP) is 3.59. The molecular weight excluding hydrogens is 253 g/mol. The van der Waals surface area contributed by atoms with Gasteiger partial charge in [-0.05, 0) is 42.9 Å². The van der Waals surface area contributed by atoms with Crippen LogP contribution in [0.4, 0.5) is 13.2 Å². The van der Waals surface area contributed by atoms with Crippen molar-refractivity contribution in [3.05, 3.63) is 29.6 Å². The second-order valence-electron chi connectivity index (χ2n) is 5.47. The van der Waals surface area contributed by atoms with Crippen LogP contribution in [0.1, 0.15) is 43.7 Å². The zero-order valence-electron chi connectivity index (χ0n) is 11.2. The first-order chi connectivity index (χ1) is 8.89. The number of nitrogens with zero attached hydrogens (tertiary/aromatic N) is 1. The van der Waals surface area contributed by atoms with Crippen LogP contribution in [0.2, 0.25) is 0 Å². The van der Waals surface area contributed by atoms with Gasteiger partial charge < -0.3 is 5.32 Å². The highest BCUT2D eigenvalue weighted by molar-refractivity contribution is 5.31. The molecule has 0 radical (unpaired) electrons. The zero-order chi connectivity index (χ0) is 14.0. The van der Waals surface area contributed by atoms with Crippen LogP contribution in [0.3, 0.4) is 0 Å². The van der Waals surface area contributed by atoms with Gasteiger partial charge in [-0.1, -0.05) is 13.8 Å². The Morgan fingerprint density at radius 2 is 2.11 bits per heavy atom. The molecule has 2 rings (SSSR count). The molecule has 0 aliphatic heterocycles. The van der Waals surface area contributed by atoms with Crippen LogP contribution < -0.4 is 5.32 Å². The average molecular weight is 272 g/mol. The monoisotopic (exact) mass is 272 g/mol. The van der Waals surface area contributed by atoms with Crippen molar-refractivity contribution in [3.63, 3.8) is 0 Å². The maximum atomic E-state index is 13.0. The summed E-state index contributed by atoms with van der Waals surface area (Å²) in [6, 6.07) is 1.44. The maximum absolute atomic E-state index is 13.0. The van der Waals surface area contributed by atoms with Crippen molar-refractivity contribution in [2.24, 2.45) is 5.92 Å². The first kappa shape index (κ1) is 14.3. The third-order valence-electron chi connectivity index (χ3n) is 3.76. The van der Waals surface area contributed by atoms with Crippen molar-refractivity contribution in [2.45, 2.75) is 44.8 Å². The second kappa shape index (κ2) is 5.49. The zero-order valence-corrected chi connectivity index (χ0v) is 11.2. The van der Waals surface area contributed by atoms with Crippen LogP contribution in [0.15, 0.2) is 18.5 Å². The SMILES string of the molecule is CC(C)NCC1CCC1c1cnccc1C(F)(F)F. The molecule has 2 nitrogen and oxygen atoms in total. The molecule has 2 unspecified atom stereocenters. The molecule has 0 amide bonds. The van der Waals surface area contributed by atoms with Gasteiger partial charge in [-0.2, -0.15) is 13.2 Å². The van der Waals surface area contributed by atoms with Gasteiger partial charge in [0, 0.05) is 18.4 Å². The highest BCUT2D eigenvalue weighted by Crippen LogP contribution is 2.46. The Morgan fingerprint density at radius 1 is 1.37 bits per heavy atom. The number of halogens is 3. The number of alkyl halides is 3. The smallest absolute Gasteiger partial charge is 0.314 e.